The van der Waals surface area contributed by atoms with Crippen LogP contribution in [-0.4, -0.2) is 14.9 Å². The van der Waals surface area contributed by atoms with Crippen molar-refractivity contribution in [3.63, 3.8) is 0 Å². The Morgan fingerprint density at radius 1 is 1.22 bits per heavy atom. The van der Waals surface area contributed by atoms with Gasteiger partial charge in [0.25, 0.3) is 0 Å². The van der Waals surface area contributed by atoms with Crippen molar-refractivity contribution in [3.05, 3.63) is 47.3 Å². The van der Waals surface area contributed by atoms with E-state index in [0.29, 0.717) is 5.75 Å². The molecule has 0 amide bonds. The van der Waals surface area contributed by atoms with Crippen LogP contribution in [-0.2, 0) is 5.54 Å². The number of aromatic hydroxyl groups is 1. The lowest BCUT2D eigenvalue weighted by Gasteiger charge is -2.23. The topological polar surface area (TPSA) is 50.1 Å². The van der Waals surface area contributed by atoms with Gasteiger partial charge in [0.2, 0.25) is 0 Å². The van der Waals surface area contributed by atoms with Crippen molar-refractivity contribution in [3.8, 4) is 5.75 Å². The summed E-state index contributed by atoms with van der Waals surface area (Å²) in [6, 6.07) is 7.82. The van der Waals surface area contributed by atoms with E-state index >= 15 is 0 Å². The van der Waals surface area contributed by atoms with E-state index in [2.05, 4.69) is 58.2 Å². The minimum atomic E-state index is -0.0232. The molecule has 0 fully saturated rings. The molecule has 1 heterocycles. The summed E-state index contributed by atoms with van der Waals surface area (Å²) in [7, 11) is 0. The Balaban J connectivity index is 2.22. The monoisotopic (exact) mass is 315 g/mol. The average Bonchev–Trinajstić information content (AvgIpc) is 2.87. The Kier molecular flexibility index (Phi) is 5.15. The van der Waals surface area contributed by atoms with Gasteiger partial charge >= 0.3 is 0 Å². The van der Waals surface area contributed by atoms with E-state index in [9.17, 15) is 5.11 Å². The number of nitrogens with one attached hydrogen (secondary N) is 1. The zero-order valence-corrected chi connectivity index (χ0v) is 15.1. The van der Waals surface area contributed by atoms with Gasteiger partial charge in [-0.05, 0) is 47.1 Å². The Labute approximate surface area is 139 Å². The van der Waals surface area contributed by atoms with Crippen molar-refractivity contribution in [2.75, 3.05) is 0 Å². The highest BCUT2D eigenvalue weighted by molar-refractivity contribution is 5.35. The molecule has 0 saturated heterocycles. The molecule has 0 radical (unpaired) electrons. The largest absolute Gasteiger partial charge is 0.508 e. The maximum atomic E-state index is 10.1. The quantitative estimate of drug-likeness (QED) is 0.857. The Morgan fingerprint density at radius 3 is 2.39 bits per heavy atom. The second-order valence-corrected chi connectivity index (χ2v) is 7.19. The van der Waals surface area contributed by atoms with Gasteiger partial charge < -0.3 is 10.4 Å². The second kappa shape index (κ2) is 6.75. The number of hydrogen-bond acceptors (Lipinski definition) is 3. The van der Waals surface area contributed by atoms with Gasteiger partial charge in [0.1, 0.15) is 5.75 Å². The van der Waals surface area contributed by atoms with Gasteiger partial charge in [-0.15, -0.1) is 0 Å². The lowest BCUT2D eigenvalue weighted by molar-refractivity contribution is 0.353. The van der Waals surface area contributed by atoms with Crippen molar-refractivity contribution < 1.29 is 5.11 Å². The van der Waals surface area contributed by atoms with Gasteiger partial charge in [-0.1, -0.05) is 25.1 Å². The number of hydrogen-bond donors (Lipinski definition) is 2. The minimum Gasteiger partial charge on any atom is -0.508 e. The molecule has 0 spiro atoms. The van der Waals surface area contributed by atoms with Crippen LogP contribution in [0.4, 0.5) is 0 Å². The molecule has 0 aliphatic rings. The second-order valence-electron chi connectivity index (χ2n) is 7.19. The van der Waals surface area contributed by atoms with Crippen molar-refractivity contribution in [1.29, 1.82) is 0 Å². The number of rotatable bonds is 5. The lowest BCUT2D eigenvalue weighted by Crippen LogP contribution is -2.25. The molecule has 2 N–H and O–H groups in total. The van der Waals surface area contributed by atoms with Crippen LogP contribution < -0.4 is 5.32 Å². The number of benzene rings is 1. The normalized spacial score (nSPS) is 14.7. The molecule has 2 aromatic rings. The van der Waals surface area contributed by atoms with Gasteiger partial charge in [0, 0.05) is 29.4 Å². The number of nitrogens with zero attached hydrogens (tertiary/aromatic N) is 2. The van der Waals surface area contributed by atoms with Crippen LogP contribution in [0.15, 0.2) is 30.5 Å². The molecule has 1 aromatic carbocycles. The fourth-order valence-electron chi connectivity index (χ4n) is 2.84. The van der Waals surface area contributed by atoms with Crippen molar-refractivity contribution in [1.82, 2.24) is 15.1 Å². The van der Waals surface area contributed by atoms with Gasteiger partial charge in [-0.25, -0.2) is 0 Å². The van der Waals surface area contributed by atoms with E-state index in [1.54, 1.807) is 6.07 Å². The molecule has 0 aliphatic carbocycles. The van der Waals surface area contributed by atoms with E-state index in [1.807, 2.05) is 22.9 Å². The first-order valence-electron chi connectivity index (χ1n) is 8.34. The summed E-state index contributed by atoms with van der Waals surface area (Å²) in [6.07, 6.45) is 3.04. The zero-order valence-electron chi connectivity index (χ0n) is 15.1. The van der Waals surface area contributed by atoms with Crippen LogP contribution in [0.25, 0.3) is 0 Å². The summed E-state index contributed by atoms with van der Waals surface area (Å²) in [6.45, 7) is 12.8. The Morgan fingerprint density at radius 2 is 1.87 bits per heavy atom. The number of para-hydroxylation sites is 1. The first-order valence-corrected chi connectivity index (χ1v) is 8.34. The third-order valence-electron chi connectivity index (χ3n) is 4.26. The summed E-state index contributed by atoms with van der Waals surface area (Å²) in [5.41, 5.74) is 3.17. The SMILES string of the molecule is CC[C@@H](N[C@@H](C)c1cn(C(C)(C)C)nc1C)c1ccccc1O. The maximum Gasteiger partial charge on any atom is 0.120 e. The van der Waals surface area contributed by atoms with E-state index in [0.717, 1.165) is 17.7 Å². The number of aryl methyl sites for hydroxylation is 1. The Bertz CT molecular complexity index is 655. The fraction of sp³-hybridized carbons (Fsp3) is 0.526. The van der Waals surface area contributed by atoms with Crippen LogP contribution in [0.2, 0.25) is 0 Å². The highest BCUT2D eigenvalue weighted by Crippen LogP contribution is 2.29. The van der Waals surface area contributed by atoms with E-state index in [4.69, 9.17) is 0 Å². The van der Waals surface area contributed by atoms with Gasteiger partial charge in [0.05, 0.1) is 11.2 Å². The molecule has 126 valence electrons. The van der Waals surface area contributed by atoms with E-state index in [-0.39, 0.29) is 17.6 Å². The lowest BCUT2D eigenvalue weighted by atomic mass is 10.0. The molecule has 0 saturated carbocycles. The van der Waals surface area contributed by atoms with Crippen LogP contribution in [0.5, 0.6) is 5.75 Å². The van der Waals surface area contributed by atoms with Crippen molar-refractivity contribution >= 4 is 0 Å². The van der Waals surface area contributed by atoms with Gasteiger partial charge in [-0.3, -0.25) is 4.68 Å². The summed E-state index contributed by atoms with van der Waals surface area (Å²) in [5, 5.41) is 18.4. The molecular formula is C19H29N3O. The summed E-state index contributed by atoms with van der Waals surface area (Å²) in [5.74, 6) is 0.348. The van der Waals surface area contributed by atoms with Crippen LogP contribution in [0, 0.1) is 6.92 Å². The third kappa shape index (κ3) is 3.94. The molecule has 0 aliphatic heterocycles. The zero-order chi connectivity index (χ0) is 17.2. The predicted molar refractivity (Wildman–Crippen MR) is 94.6 cm³/mol. The predicted octanol–water partition coefficient (Wildman–Crippen LogP) is 4.45. The maximum absolute atomic E-state index is 10.1. The molecule has 0 unspecified atom stereocenters. The smallest absolute Gasteiger partial charge is 0.120 e. The number of phenols is 1. The molecule has 2 rings (SSSR count). The standard InChI is InChI=1S/C19H29N3O/c1-7-17(15-10-8-9-11-18(15)23)20-13(2)16-12-22(19(4,5)6)21-14(16)3/h8-13,17,20,23H,7H2,1-6H3/t13-,17+/m0/s1. The van der Waals surface area contributed by atoms with Gasteiger partial charge in [-0.2, -0.15) is 5.10 Å². The number of aromatic nitrogens is 2. The number of phenolic OH excluding ortho intramolecular Hbond substituents is 1. The summed E-state index contributed by atoms with van der Waals surface area (Å²) < 4.78 is 2.02. The van der Waals surface area contributed by atoms with Crippen LogP contribution in [0.3, 0.4) is 0 Å². The van der Waals surface area contributed by atoms with Crippen LogP contribution in [0.1, 0.15) is 69.9 Å². The van der Waals surface area contributed by atoms with Crippen molar-refractivity contribution in [2.24, 2.45) is 0 Å². The average molecular weight is 315 g/mol. The molecule has 4 heteroatoms. The molecule has 1 aromatic heterocycles. The summed E-state index contributed by atoms with van der Waals surface area (Å²) >= 11 is 0. The van der Waals surface area contributed by atoms with Gasteiger partial charge in [0.15, 0.2) is 0 Å². The highest BCUT2D eigenvalue weighted by Gasteiger charge is 2.22. The van der Waals surface area contributed by atoms with Crippen molar-refractivity contribution in [2.45, 2.75) is 65.6 Å². The van der Waals surface area contributed by atoms with Crippen LogP contribution >= 0.6 is 0 Å². The molecule has 2 atom stereocenters. The molecule has 0 bridgehead atoms. The first kappa shape index (κ1) is 17.5. The first-order chi connectivity index (χ1) is 10.7. The minimum absolute atomic E-state index is 0.0232. The summed E-state index contributed by atoms with van der Waals surface area (Å²) in [4.78, 5) is 0. The highest BCUT2D eigenvalue weighted by atomic mass is 16.3. The third-order valence-corrected chi connectivity index (χ3v) is 4.26. The van der Waals surface area contributed by atoms with E-state index in [1.165, 1.54) is 5.56 Å². The molecular weight excluding hydrogens is 286 g/mol. The van der Waals surface area contributed by atoms with E-state index < -0.39 is 0 Å². The molecule has 4 nitrogen and oxygen atoms in total. The molecule has 23 heavy (non-hydrogen) atoms. The fourth-order valence-corrected chi connectivity index (χ4v) is 2.84. The Hall–Kier alpha value is -1.81.